The van der Waals surface area contributed by atoms with Crippen LogP contribution in [0.15, 0.2) is 0 Å². The quantitative estimate of drug-likeness (QED) is 0.603. The second-order valence-electron chi connectivity index (χ2n) is 2.53. The van der Waals surface area contributed by atoms with E-state index >= 15 is 0 Å². The molecule has 5 heteroatoms. The smallest absolute Gasteiger partial charge is 0.271 e. The molecule has 0 saturated heterocycles. The minimum absolute atomic E-state index is 0.0147. The minimum atomic E-state index is -3.20. The highest BCUT2D eigenvalue weighted by Gasteiger charge is 2.36. The topological polar surface area (TPSA) is 9.23 Å². The van der Waals surface area contributed by atoms with Crippen molar-refractivity contribution >= 4 is 0 Å². The third-order valence-electron chi connectivity index (χ3n) is 1.33. The molecular weight excluding hydrogens is 176 g/mol. The first-order valence-electron chi connectivity index (χ1n) is 3.65. The van der Waals surface area contributed by atoms with Crippen molar-refractivity contribution in [2.45, 2.75) is 38.7 Å². The molecule has 1 atom stereocenters. The van der Waals surface area contributed by atoms with Crippen LogP contribution in [-0.4, -0.2) is 25.1 Å². The van der Waals surface area contributed by atoms with E-state index in [0.717, 1.165) is 0 Å². The molecule has 74 valence electrons. The van der Waals surface area contributed by atoms with E-state index < -0.39 is 24.9 Å². The van der Waals surface area contributed by atoms with Crippen LogP contribution in [0.25, 0.3) is 0 Å². The SMILES string of the molecule is CCOC(CC(F)F)C(C)(F)F. The molecule has 12 heavy (non-hydrogen) atoms. The molecule has 0 aromatic carbocycles. The summed E-state index contributed by atoms with van der Waals surface area (Å²) in [6.07, 6.45) is -5.35. The maximum atomic E-state index is 12.5. The van der Waals surface area contributed by atoms with Gasteiger partial charge in [0.15, 0.2) is 0 Å². The van der Waals surface area contributed by atoms with Crippen molar-refractivity contribution < 1.29 is 22.3 Å². The zero-order valence-corrected chi connectivity index (χ0v) is 6.99. The third-order valence-corrected chi connectivity index (χ3v) is 1.33. The van der Waals surface area contributed by atoms with Crippen molar-refractivity contribution in [1.82, 2.24) is 0 Å². The van der Waals surface area contributed by atoms with E-state index in [2.05, 4.69) is 4.74 Å². The number of hydrogen-bond acceptors (Lipinski definition) is 1. The average Bonchev–Trinajstić information content (AvgIpc) is 1.83. The van der Waals surface area contributed by atoms with E-state index in [-0.39, 0.29) is 6.61 Å². The second kappa shape index (κ2) is 4.64. The van der Waals surface area contributed by atoms with Crippen LogP contribution >= 0.6 is 0 Å². The molecule has 0 aliphatic carbocycles. The van der Waals surface area contributed by atoms with Gasteiger partial charge in [-0.2, -0.15) is 0 Å². The summed E-state index contributed by atoms with van der Waals surface area (Å²) in [6, 6.07) is 0. The van der Waals surface area contributed by atoms with Crippen LogP contribution in [0.1, 0.15) is 20.3 Å². The molecule has 0 aromatic heterocycles. The molecule has 0 aliphatic rings. The van der Waals surface area contributed by atoms with Crippen LogP contribution in [-0.2, 0) is 4.74 Å². The Hall–Kier alpha value is -0.320. The van der Waals surface area contributed by atoms with Crippen molar-refractivity contribution in [2.75, 3.05) is 6.61 Å². The third kappa shape index (κ3) is 4.54. The van der Waals surface area contributed by atoms with Gasteiger partial charge in [-0.1, -0.05) is 0 Å². The highest BCUT2D eigenvalue weighted by molar-refractivity contribution is 4.73. The lowest BCUT2D eigenvalue weighted by Gasteiger charge is -2.22. The summed E-state index contributed by atoms with van der Waals surface area (Å²) in [5.41, 5.74) is 0. The van der Waals surface area contributed by atoms with E-state index in [1.54, 1.807) is 0 Å². The Kier molecular flexibility index (Phi) is 4.52. The largest absolute Gasteiger partial charge is 0.372 e. The monoisotopic (exact) mass is 188 g/mol. The second-order valence-corrected chi connectivity index (χ2v) is 2.53. The summed E-state index contributed by atoms with van der Waals surface area (Å²) in [5, 5.41) is 0. The first-order valence-corrected chi connectivity index (χ1v) is 3.65. The van der Waals surface area contributed by atoms with E-state index in [1.807, 2.05) is 0 Å². The van der Waals surface area contributed by atoms with Crippen molar-refractivity contribution in [1.29, 1.82) is 0 Å². The van der Waals surface area contributed by atoms with Crippen molar-refractivity contribution in [3.63, 3.8) is 0 Å². The summed E-state index contributed by atoms with van der Waals surface area (Å²) < 4.78 is 52.9. The fraction of sp³-hybridized carbons (Fsp3) is 1.00. The summed E-state index contributed by atoms with van der Waals surface area (Å²) in [4.78, 5) is 0. The predicted molar refractivity (Wildman–Crippen MR) is 36.7 cm³/mol. The fourth-order valence-electron chi connectivity index (χ4n) is 0.784. The normalized spacial score (nSPS) is 15.2. The van der Waals surface area contributed by atoms with Gasteiger partial charge in [-0.3, -0.25) is 0 Å². The summed E-state index contributed by atoms with van der Waals surface area (Å²) in [6.45, 7) is 2.08. The molecule has 0 radical (unpaired) electrons. The lowest BCUT2D eigenvalue weighted by atomic mass is 10.1. The fourth-order valence-corrected chi connectivity index (χ4v) is 0.784. The standard InChI is InChI=1S/C7H12F4O/c1-3-12-5(4-6(8)9)7(2,10)11/h5-6H,3-4H2,1-2H3. The summed E-state index contributed by atoms with van der Waals surface area (Å²) in [5.74, 6) is -3.20. The number of halogens is 4. The van der Waals surface area contributed by atoms with Crippen LogP contribution in [0.3, 0.4) is 0 Å². The molecule has 0 amide bonds. The van der Waals surface area contributed by atoms with Gasteiger partial charge >= 0.3 is 0 Å². The molecule has 0 aromatic rings. The molecule has 0 saturated carbocycles. The molecule has 0 fully saturated rings. The zero-order chi connectivity index (χ0) is 9.78. The van der Waals surface area contributed by atoms with Crippen LogP contribution < -0.4 is 0 Å². The Labute approximate surface area is 68.7 Å². The molecular formula is C7H12F4O. The van der Waals surface area contributed by atoms with Crippen molar-refractivity contribution in [2.24, 2.45) is 0 Å². The van der Waals surface area contributed by atoms with Crippen LogP contribution in [0.5, 0.6) is 0 Å². The molecule has 1 unspecified atom stereocenters. The summed E-state index contributed by atoms with van der Waals surface area (Å²) >= 11 is 0. The van der Waals surface area contributed by atoms with E-state index in [0.29, 0.717) is 6.92 Å². The molecule has 0 N–H and O–H groups in total. The lowest BCUT2D eigenvalue weighted by Crippen LogP contribution is -2.34. The number of alkyl halides is 4. The minimum Gasteiger partial charge on any atom is -0.372 e. The van der Waals surface area contributed by atoms with E-state index in [9.17, 15) is 17.6 Å². The Bertz CT molecular complexity index is 121. The van der Waals surface area contributed by atoms with E-state index in [1.165, 1.54) is 6.92 Å². The van der Waals surface area contributed by atoms with E-state index in [4.69, 9.17) is 0 Å². The molecule has 0 rings (SSSR count). The van der Waals surface area contributed by atoms with Gasteiger partial charge in [0.05, 0.1) is 0 Å². The highest BCUT2D eigenvalue weighted by Crippen LogP contribution is 2.25. The molecule has 0 bridgehead atoms. The van der Waals surface area contributed by atoms with Gasteiger partial charge in [0, 0.05) is 20.0 Å². The maximum absolute atomic E-state index is 12.5. The van der Waals surface area contributed by atoms with Crippen LogP contribution in [0.4, 0.5) is 17.6 Å². The van der Waals surface area contributed by atoms with Gasteiger partial charge in [0.2, 0.25) is 6.43 Å². The van der Waals surface area contributed by atoms with Gasteiger partial charge < -0.3 is 4.74 Å². The number of hydrogen-bond donors (Lipinski definition) is 0. The van der Waals surface area contributed by atoms with Gasteiger partial charge in [-0.05, 0) is 6.92 Å². The van der Waals surface area contributed by atoms with Crippen LogP contribution in [0, 0.1) is 0 Å². The predicted octanol–water partition coefficient (Wildman–Crippen LogP) is 2.70. The molecule has 0 spiro atoms. The van der Waals surface area contributed by atoms with Crippen LogP contribution in [0.2, 0.25) is 0 Å². The van der Waals surface area contributed by atoms with Crippen molar-refractivity contribution in [3.8, 4) is 0 Å². The van der Waals surface area contributed by atoms with Gasteiger partial charge in [-0.15, -0.1) is 0 Å². The van der Waals surface area contributed by atoms with Crippen molar-refractivity contribution in [3.05, 3.63) is 0 Å². The van der Waals surface area contributed by atoms with Gasteiger partial charge in [0.1, 0.15) is 6.10 Å². The number of rotatable bonds is 5. The average molecular weight is 188 g/mol. The Morgan fingerprint density at radius 3 is 2.08 bits per heavy atom. The van der Waals surface area contributed by atoms with Gasteiger partial charge in [-0.25, -0.2) is 17.6 Å². The van der Waals surface area contributed by atoms with Gasteiger partial charge in [0.25, 0.3) is 5.92 Å². The molecule has 1 nitrogen and oxygen atoms in total. The first-order chi connectivity index (χ1) is 5.38. The number of ether oxygens (including phenoxy) is 1. The lowest BCUT2D eigenvalue weighted by molar-refractivity contribution is -0.139. The summed E-state index contributed by atoms with van der Waals surface area (Å²) in [7, 11) is 0. The maximum Gasteiger partial charge on any atom is 0.271 e. The molecule has 0 aliphatic heterocycles. The molecule has 0 heterocycles. The first kappa shape index (κ1) is 11.7. The Morgan fingerprint density at radius 2 is 1.83 bits per heavy atom. The highest BCUT2D eigenvalue weighted by atomic mass is 19.3. The Morgan fingerprint density at radius 1 is 1.33 bits per heavy atom. The zero-order valence-electron chi connectivity index (χ0n) is 6.99. The Balaban J connectivity index is 4.04.